The number of hydrogen-bond acceptors (Lipinski definition) is 2. The molecule has 0 saturated heterocycles. The molecule has 0 saturated carbocycles. The van der Waals surface area contributed by atoms with Crippen molar-refractivity contribution in [3.8, 4) is 16.9 Å². The van der Waals surface area contributed by atoms with E-state index in [0.29, 0.717) is 6.42 Å². The minimum atomic E-state index is 0.687. The number of aromatic nitrogens is 4. The van der Waals surface area contributed by atoms with Gasteiger partial charge in [-0.3, -0.25) is 0 Å². The molecule has 0 spiro atoms. The first kappa shape index (κ1) is 17.0. The fourth-order valence-electron chi connectivity index (χ4n) is 3.37. The third kappa shape index (κ3) is 3.25. The van der Waals surface area contributed by atoms with Crippen LogP contribution in [-0.4, -0.2) is 19.7 Å². The van der Waals surface area contributed by atoms with Gasteiger partial charge in [0.2, 0.25) is 0 Å². The highest BCUT2D eigenvalue weighted by molar-refractivity contribution is 9.10. The molecule has 0 fully saturated rings. The van der Waals surface area contributed by atoms with Gasteiger partial charge in [-0.2, -0.15) is 5.10 Å². The van der Waals surface area contributed by atoms with Gasteiger partial charge in [-0.1, -0.05) is 58.4 Å². The van der Waals surface area contributed by atoms with Crippen LogP contribution < -0.4 is 0 Å². The fraction of sp³-hybridized carbons (Fsp3) is 0.0435. The predicted molar refractivity (Wildman–Crippen MR) is 116 cm³/mol. The van der Waals surface area contributed by atoms with Crippen LogP contribution in [0.15, 0.2) is 89.5 Å². The number of fused-ring (bicyclic) bond motifs is 1. The Morgan fingerprint density at radius 2 is 1.61 bits per heavy atom. The van der Waals surface area contributed by atoms with Crippen LogP contribution in [0.2, 0.25) is 0 Å². The third-order valence-corrected chi connectivity index (χ3v) is 5.25. The minimum absolute atomic E-state index is 0.687. The highest BCUT2D eigenvalue weighted by Gasteiger charge is 2.14. The molecule has 0 atom stereocenters. The SMILES string of the molecule is Brc1ccc(-c2nn(-c3ccccc3)cc2Cc2nc3ccccc3[nH]2)cc1. The van der Waals surface area contributed by atoms with E-state index >= 15 is 0 Å². The van der Waals surface area contributed by atoms with Crippen LogP contribution in [0.4, 0.5) is 0 Å². The van der Waals surface area contributed by atoms with Crippen molar-refractivity contribution < 1.29 is 0 Å². The molecule has 4 nitrogen and oxygen atoms in total. The molecule has 3 aromatic carbocycles. The average molecular weight is 429 g/mol. The molecule has 5 aromatic rings. The van der Waals surface area contributed by atoms with Gasteiger partial charge in [-0.15, -0.1) is 0 Å². The number of nitrogens with zero attached hydrogens (tertiary/aromatic N) is 3. The molecule has 0 aliphatic rings. The molecule has 5 rings (SSSR count). The Balaban J connectivity index is 1.60. The van der Waals surface area contributed by atoms with Gasteiger partial charge in [0.05, 0.1) is 22.4 Å². The topological polar surface area (TPSA) is 46.5 Å². The number of rotatable bonds is 4. The second-order valence-corrected chi connectivity index (χ2v) is 7.58. The smallest absolute Gasteiger partial charge is 0.111 e. The number of halogens is 1. The highest BCUT2D eigenvalue weighted by Crippen LogP contribution is 2.27. The van der Waals surface area contributed by atoms with Gasteiger partial charge in [-0.05, 0) is 36.4 Å². The standard InChI is InChI=1S/C23H17BrN4/c24-18-12-10-16(11-13-18)23-17(15-28(27-23)19-6-2-1-3-7-19)14-22-25-20-8-4-5-9-21(20)26-22/h1-13,15H,14H2,(H,25,26). The molecule has 1 N–H and O–H groups in total. The normalized spacial score (nSPS) is 11.2. The first-order valence-electron chi connectivity index (χ1n) is 9.10. The van der Waals surface area contributed by atoms with Gasteiger partial charge < -0.3 is 4.98 Å². The number of imidazole rings is 1. The summed E-state index contributed by atoms with van der Waals surface area (Å²) in [7, 11) is 0. The Morgan fingerprint density at radius 3 is 2.39 bits per heavy atom. The van der Waals surface area contributed by atoms with E-state index in [1.165, 1.54) is 0 Å². The highest BCUT2D eigenvalue weighted by atomic mass is 79.9. The largest absolute Gasteiger partial charge is 0.342 e. The molecule has 136 valence electrons. The zero-order chi connectivity index (χ0) is 18.9. The molecule has 0 radical (unpaired) electrons. The van der Waals surface area contributed by atoms with Crippen LogP contribution in [0.25, 0.3) is 28.0 Å². The Hall–Kier alpha value is -3.18. The summed E-state index contributed by atoms with van der Waals surface area (Å²) in [6.07, 6.45) is 2.78. The zero-order valence-electron chi connectivity index (χ0n) is 15.0. The summed E-state index contributed by atoms with van der Waals surface area (Å²) in [6.45, 7) is 0. The maximum Gasteiger partial charge on any atom is 0.111 e. The second-order valence-electron chi connectivity index (χ2n) is 6.67. The summed E-state index contributed by atoms with van der Waals surface area (Å²) >= 11 is 3.51. The van der Waals surface area contributed by atoms with Crippen molar-refractivity contribution >= 4 is 27.0 Å². The first-order valence-corrected chi connectivity index (χ1v) is 9.89. The summed E-state index contributed by atoms with van der Waals surface area (Å²) in [5.41, 5.74) is 6.26. The Labute approximate surface area is 171 Å². The van der Waals surface area contributed by atoms with Crippen molar-refractivity contribution in [3.05, 3.63) is 101 Å². The molecule has 0 aliphatic heterocycles. The Bertz CT molecular complexity index is 1200. The van der Waals surface area contributed by atoms with Crippen molar-refractivity contribution in [2.45, 2.75) is 6.42 Å². The van der Waals surface area contributed by atoms with Gasteiger partial charge in [0.1, 0.15) is 5.82 Å². The maximum atomic E-state index is 4.89. The quantitative estimate of drug-likeness (QED) is 0.394. The minimum Gasteiger partial charge on any atom is -0.342 e. The summed E-state index contributed by atoms with van der Waals surface area (Å²) in [6, 6.07) is 26.5. The first-order chi connectivity index (χ1) is 13.8. The number of H-pyrrole nitrogens is 1. The monoisotopic (exact) mass is 428 g/mol. The summed E-state index contributed by atoms with van der Waals surface area (Å²) in [5.74, 6) is 0.937. The van der Waals surface area contributed by atoms with E-state index in [1.807, 2.05) is 53.2 Å². The lowest BCUT2D eigenvalue weighted by Gasteiger charge is -2.02. The Kier molecular flexibility index (Phi) is 4.29. The molecule has 2 aromatic heterocycles. The van der Waals surface area contributed by atoms with Crippen LogP contribution >= 0.6 is 15.9 Å². The van der Waals surface area contributed by atoms with Crippen molar-refractivity contribution in [2.75, 3.05) is 0 Å². The second kappa shape index (κ2) is 7.09. The van der Waals surface area contributed by atoms with Gasteiger partial charge in [-0.25, -0.2) is 9.67 Å². The van der Waals surface area contributed by atoms with Gasteiger partial charge in [0.15, 0.2) is 0 Å². The lowest BCUT2D eigenvalue weighted by atomic mass is 10.1. The van der Waals surface area contributed by atoms with Crippen molar-refractivity contribution in [2.24, 2.45) is 0 Å². The summed E-state index contributed by atoms with van der Waals surface area (Å²) < 4.78 is 2.99. The van der Waals surface area contributed by atoms with Crippen LogP contribution in [-0.2, 0) is 6.42 Å². The Morgan fingerprint density at radius 1 is 0.857 bits per heavy atom. The molecular formula is C23H17BrN4. The number of hydrogen-bond donors (Lipinski definition) is 1. The molecule has 5 heteroatoms. The van der Waals surface area contributed by atoms with Crippen molar-refractivity contribution in [1.29, 1.82) is 0 Å². The van der Waals surface area contributed by atoms with Gasteiger partial charge in [0.25, 0.3) is 0 Å². The van der Waals surface area contributed by atoms with Crippen LogP contribution in [0.5, 0.6) is 0 Å². The lowest BCUT2D eigenvalue weighted by molar-refractivity contribution is 0.883. The molecule has 0 aliphatic carbocycles. The van der Waals surface area contributed by atoms with Crippen molar-refractivity contribution in [3.63, 3.8) is 0 Å². The summed E-state index contributed by atoms with van der Waals surface area (Å²) in [4.78, 5) is 8.16. The maximum absolute atomic E-state index is 4.89. The van der Waals surface area contributed by atoms with E-state index in [2.05, 4.69) is 57.4 Å². The molecular weight excluding hydrogens is 412 g/mol. The van der Waals surface area contributed by atoms with Gasteiger partial charge in [0, 0.05) is 28.2 Å². The van der Waals surface area contributed by atoms with E-state index < -0.39 is 0 Å². The van der Waals surface area contributed by atoms with Crippen molar-refractivity contribution in [1.82, 2.24) is 19.7 Å². The number of benzene rings is 3. The number of nitrogens with one attached hydrogen (secondary N) is 1. The van der Waals surface area contributed by atoms with E-state index in [-0.39, 0.29) is 0 Å². The van der Waals surface area contributed by atoms with Crippen LogP contribution in [0, 0.1) is 0 Å². The lowest BCUT2D eigenvalue weighted by Crippen LogP contribution is -1.93. The van der Waals surface area contributed by atoms with Crippen LogP contribution in [0.1, 0.15) is 11.4 Å². The molecule has 0 bridgehead atoms. The average Bonchev–Trinajstić information content (AvgIpc) is 3.33. The van der Waals surface area contributed by atoms with E-state index in [1.54, 1.807) is 0 Å². The summed E-state index contributed by atoms with van der Waals surface area (Å²) in [5, 5.41) is 4.89. The fourth-order valence-corrected chi connectivity index (χ4v) is 3.64. The zero-order valence-corrected chi connectivity index (χ0v) is 16.6. The van der Waals surface area contributed by atoms with E-state index in [9.17, 15) is 0 Å². The molecule has 0 unspecified atom stereocenters. The predicted octanol–water partition coefficient (Wildman–Crippen LogP) is 5.77. The number of aromatic amines is 1. The van der Waals surface area contributed by atoms with Crippen LogP contribution in [0.3, 0.4) is 0 Å². The van der Waals surface area contributed by atoms with E-state index in [0.717, 1.165) is 43.8 Å². The third-order valence-electron chi connectivity index (χ3n) is 4.72. The number of para-hydroxylation sites is 3. The van der Waals surface area contributed by atoms with Gasteiger partial charge >= 0.3 is 0 Å². The molecule has 2 heterocycles. The van der Waals surface area contributed by atoms with E-state index in [4.69, 9.17) is 10.1 Å². The molecule has 0 amide bonds. The molecule has 28 heavy (non-hydrogen) atoms.